The predicted octanol–water partition coefficient (Wildman–Crippen LogP) is 0.931. The zero-order valence-electron chi connectivity index (χ0n) is 19.1. The number of nitrogens with zero attached hydrogens (tertiary/aromatic N) is 2. The second-order valence-corrected chi connectivity index (χ2v) is 9.33. The maximum Gasteiger partial charge on any atom is 0.408 e. The molecule has 1 rings (SSSR count). The summed E-state index contributed by atoms with van der Waals surface area (Å²) in [5, 5.41) is 14.1. The summed E-state index contributed by atoms with van der Waals surface area (Å²) in [4.78, 5) is 41.1. The van der Waals surface area contributed by atoms with Crippen LogP contribution in [0.2, 0.25) is 0 Å². The Kier molecular flexibility index (Phi) is 9.83. The Bertz CT molecular complexity index is 577. The van der Waals surface area contributed by atoms with Gasteiger partial charge in [-0.2, -0.15) is 0 Å². The van der Waals surface area contributed by atoms with Crippen molar-refractivity contribution >= 4 is 18.1 Å². The number of aliphatic hydroxyl groups is 1. The third-order valence-corrected chi connectivity index (χ3v) is 4.15. The summed E-state index contributed by atoms with van der Waals surface area (Å²) in [6.07, 6.45) is -0.704. The lowest BCUT2D eigenvalue weighted by Crippen LogP contribution is -2.58. The van der Waals surface area contributed by atoms with Gasteiger partial charge in [-0.15, -0.1) is 0 Å². The number of hydrogen-bond acceptors (Lipinski definition) is 7. The Labute approximate surface area is 179 Å². The second-order valence-electron chi connectivity index (χ2n) is 9.33. The summed E-state index contributed by atoms with van der Waals surface area (Å²) in [5.41, 5.74) is -1.39. The monoisotopic (exact) mass is 430 g/mol. The number of rotatable bonds is 7. The molecule has 0 aromatic heterocycles. The first-order valence-corrected chi connectivity index (χ1v) is 10.4. The largest absolute Gasteiger partial charge is 0.444 e. The molecule has 1 aliphatic heterocycles. The highest BCUT2D eigenvalue weighted by atomic mass is 16.6. The Morgan fingerprint density at radius 3 is 1.97 bits per heavy atom. The van der Waals surface area contributed by atoms with E-state index in [1.54, 1.807) is 46.4 Å². The highest BCUT2D eigenvalue weighted by Crippen LogP contribution is 2.10. The van der Waals surface area contributed by atoms with Crippen molar-refractivity contribution < 1.29 is 29.0 Å². The predicted molar refractivity (Wildman–Crippen MR) is 112 cm³/mol. The van der Waals surface area contributed by atoms with Gasteiger partial charge in [0.25, 0.3) is 0 Å². The van der Waals surface area contributed by atoms with Gasteiger partial charge in [-0.05, 0) is 48.0 Å². The van der Waals surface area contributed by atoms with Gasteiger partial charge in [0.1, 0.15) is 17.2 Å². The minimum atomic E-state index is -0.976. The van der Waals surface area contributed by atoms with Gasteiger partial charge >= 0.3 is 12.2 Å². The molecular formula is C20H38N4O6. The van der Waals surface area contributed by atoms with Gasteiger partial charge in [0.2, 0.25) is 5.91 Å². The van der Waals surface area contributed by atoms with Crippen LogP contribution < -0.4 is 10.6 Å². The molecule has 174 valence electrons. The van der Waals surface area contributed by atoms with Crippen LogP contribution >= 0.6 is 0 Å². The molecule has 0 aliphatic carbocycles. The van der Waals surface area contributed by atoms with Crippen molar-refractivity contribution in [3.63, 3.8) is 0 Å². The molecule has 1 saturated heterocycles. The minimum Gasteiger partial charge on any atom is -0.444 e. The van der Waals surface area contributed by atoms with E-state index >= 15 is 0 Å². The number of amides is 3. The van der Waals surface area contributed by atoms with E-state index in [2.05, 4.69) is 15.5 Å². The van der Waals surface area contributed by atoms with E-state index in [0.29, 0.717) is 32.6 Å². The van der Waals surface area contributed by atoms with Crippen LogP contribution in [0.3, 0.4) is 0 Å². The summed E-state index contributed by atoms with van der Waals surface area (Å²) in [6, 6.07) is -0.976. The van der Waals surface area contributed by atoms with Crippen LogP contribution in [0, 0.1) is 0 Å². The lowest BCUT2D eigenvalue weighted by molar-refractivity contribution is -0.135. The van der Waals surface area contributed by atoms with Crippen LogP contribution in [-0.2, 0) is 14.3 Å². The van der Waals surface area contributed by atoms with Crippen LogP contribution in [0.4, 0.5) is 9.59 Å². The standard InChI is InChI=1S/C20H38N4O6/c1-19(2,3)29-17(27)21-14-15(22-18(28)30-20(4,5)6)16(26)24-11-9-23(10-12-24)8-7-13-25/h15,25H,7-14H2,1-6H3,(H,21,27)(H,22,28)/t15-/m1/s1. The number of ether oxygens (including phenoxy) is 2. The molecule has 0 spiro atoms. The molecule has 0 aromatic carbocycles. The number of carbonyl (C=O) groups is 3. The summed E-state index contributed by atoms with van der Waals surface area (Å²) in [7, 11) is 0. The lowest BCUT2D eigenvalue weighted by atomic mass is 10.2. The van der Waals surface area contributed by atoms with Crippen LogP contribution in [0.5, 0.6) is 0 Å². The van der Waals surface area contributed by atoms with Crippen molar-refractivity contribution in [3.8, 4) is 0 Å². The van der Waals surface area contributed by atoms with Gasteiger partial charge in [-0.3, -0.25) is 9.69 Å². The van der Waals surface area contributed by atoms with Gasteiger partial charge in [0.05, 0.1) is 6.54 Å². The maximum atomic E-state index is 13.0. The molecule has 0 radical (unpaired) electrons. The van der Waals surface area contributed by atoms with Crippen LogP contribution in [0.1, 0.15) is 48.0 Å². The molecule has 10 heteroatoms. The molecule has 1 aliphatic rings. The molecule has 0 saturated carbocycles. The molecule has 1 fully saturated rings. The second kappa shape index (κ2) is 11.4. The van der Waals surface area contributed by atoms with Crippen molar-refractivity contribution in [2.24, 2.45) is 0 Å². The van der Waals surface area contributed by atoms with E-state index in [0.717, 1.165) is 6.54 Å². The van der Waals surface area contributed by atoms with Crippen LogP contribution in [-0.4, -0.2) is 96.1 Å². The third kappa shape index (κ3) is 10.6. The smallest absolute Gasteiger partial charge is 0.408 e. The fourth-order valence-electron chi connectivity index (χ4n) is 2.86. The Morgan fingerprint density at radius 2 is 1.47 bits per heavy atom. The fourth-order valence-corrected chi connectivity index (χ4v) is 2.86. The molecule has 10 nitrogen and oxygen atoms in total. The van der Waals surface area contributed by atoms with Crippen LogP contribution in [0.25, 0.3) is 0 Å². The number of nitrogens with one attached hydrogen (secondary N) is 2. The van der Waals surface area contributed by atoms with Crippen LogP contribution in [0.15, 0.2) is 0 Å². The first kappa shape index (κ1) is 26.0. The number of hydrogen-bond donors (Lipinski definition) is 3. The molecule has 1 atom stereocenters. The molecule has 3 amide bonds. The summed E-state index contributed by atoms with van der Waals surface area (Å²) >= 11 is 0. The first-order chi connectivity index (χ1) is 13.8. The molecule has 0 bridgehead atoms. The van der Waals surface area contributed by atoms with E-state index in [1.165, 1.54) is 0 Å². The molecule has 1 heterocycles. The van der Waals surface area contributed by atoms with Crippen molar-refractivity contribution in [1.29, 1.82) is 0 Å². The topological polar surface area (TPSA) is 120 Å². The lowest BCUT2D eigenvalue weighted by Gasteiger charge is -2.36. The number of alkyl carbamates (subject to hydrolysis) is 2. The third-order valence-electron chi connectivity index (χ3n) is 4.15. The minimum absolute atomic E-state index is 0.113. The Hall–Kier alpha value is -2.07. The zero-order chi connectivity index (χ0) is 22.9. The van der Waals surface area contributed by atoms with Gasteiger partial charge in [0, 0.05) is 39.3 Å². The number of carbonyl (C=O) groups excluding carboxylic acids is 3. The Morgan fingerprint density at radius 1 is 0.933 bits per heavy atom. The molecule has 30 heavy (non-hydrogen) atoms. The summed E-state index contributed by atoms with van der Waals surface area (Å²) < 4.78 is 10.5. The van der Waals surface area contributed by atoms with Crippen molar-refractivity contribution in [2.45, 2.75) is 65.2 Å². The first-order valence-electron chi connectivity index (χ1n) is 10.4. The molecule has 0 unspecified atom stereocenters. The van der Waals surface area contributed by atoms with E-state index in [-0.39, 0.29) is 19.1 Å². The normalized spacial score (nSPS) is 16.6. The number of piperazine rings is 1. The average molecular weight is 431 g/mol. The van der Waals surface area contributed by atoms with Gasteiger partial charge in [0.15, 0.2) is 0 Å². The zero-order valence-corrected chi connectivity index (χ0v) is 19.1. The van der Waals surface area contributed by atoms with E-state index in [4.69, 9.17) is 14.6 Å². The molecule has 0 aromatic rings. The molecular weight excluding hydrogens is 392 g/mol. The quantitative estimate of drug-likeness (QED) is 0.549. The van der Waals surface area contributed by atoms with Gasteiger partial charge in [-0.1, -0.05) is 0 Å². The van der Waals surface area contributed by atoms with E-state index < -0.39 is 29.4 Å². The van der Waals surface area contributed by atoms with Crippen molar-refractivity contribution in [2.75, 3.05) is 45.9 Å². The molecule has 3 N–H and O–H groups in total. The maximum absolute atomic E-state index is 13.0. The Balaban J connectivity index is 2.72. The SMILES string of the molecule is CC(C)(C)OC(=O)NC[C@@H](NC(=O)OC(C)(C)C)C(=O)N1CCN(CCCO)CC1. The fraction of sp³-hybridized carbons (Fsp3) is 0.850. The highest BCUT2D eigenvalue weighted by molar-refractivity contribution is 5.86. The van der Waals surface area contributed by atoms with Gasteiger partial charge in [-0.25, -0.2) is 9.59 Å². The summed E-state index contributed by atoms with van der Waals surface area (Å²) in [5.74, 6) is -0.293. The van der Waals surface area contributed by atoms with E-state index in [9.17, 15) is 14.4 Å². The van der Waals surface area contributed by atoms with E-state index in [1.807, 2.05) is 0 Å². The number of aliphatic hydroxyl groups excluding tert-OH is 1. The highest BCUT2D eigenvalue weighted by Gasteiger charge is 2.31. The van der Waals surface area contributed by atoms with Gasteiger partial charge < -0.3 is 30.1 Å². The van der Waals surface area contributed by atoms with Crippen molar-refractivity contribution in [1.82, 2.24) is 20.4 Å². The average Bonchev–Trinajstić information content (AvgIpc) is 2.60. The summed E-state index contributed by atoms with van der Waals surface area (Å²) in [6.45, 7) is 13.6. The van der Waals surface area contributed by atoms with Crippen molar-refractivity contribution in [3.05, 3.63) is 0 Å².